The van der Waals surface area contributed by atoms with Crippen LogP contribution in [0.25, 0.3) is 22.4 Å². The summed E-state index contributed by atoms with van der Waals surface area (Å²) < 4.78 is 0. The van der Waals surface area contributed by atoms with Gasteiger partial charge in [0.2, 0.25) is 5.91 Å². The number of anilines is 1. The molecule has 0 spiro atoms. The van der Waals surface area contributed by atoms with Crippen molar-refractivity contribution in [3.8, 4) is 11.4 Å². The van der Waals surface area contributed by atoms with E-state index >= 15 is 0 Å². The third-order valence-corrected chi connectivity index (χ3v) is 7.65. The number of imidazole rings is 1. The van der Waals surface area contributed by atoms with Crippen LogP contribution in [0.5, 0.6) is 0 Å². The van der Waals surface area contributed by atoms with Crippen LogP contribution in [0.3, 0.4) is 0 Å². The summed E-state index contributed by atoms with van der Waals surface area (Å²) in [6.45, 7) is 2.08. The van der Waals surface area contributed by atoms with Gasteiger partial charge < -0.3 is 10.3 Å². The Morgan fingerprint density at radius 3 is 2.28 bits per heavy atom. The summed E-state index contributed by atoms with van der Waals surface area (Å²) in [6, 6.07) is 14.3. The van der Waals surface area contributed by atoms with E-state index in [1.807, 2.05) is 30.3 Å². The van der Waals surface area contributed by atoms with Crippen molar-refractivity contribution in [2.75, 3.05) is 5.32 Å². The van der Waals surface area contributed by atoms with Crippen LogP contribution in [0.2, 0.25) is 0 Å². The van der Waals surface area contributed by atoms with Crippen molar-refractivity contribution < 1.29 is 4.79 Å². The number of carbonyl (C=O) groups excluding carboxylic acids is 1. The van der Waals surface area contributed by atoms with Crippen LogP contribution in [0.1, 0.15) is 44.1 Å². The molecule has 4 aliphatic carbocycles. The molecule has 4 heteroatoms. The molecule has 4 nitrogen and oxygen atoms in total. The van der Waals surface area contributed by atoms with Gasteiger partial charge in [0, 0.05) is 11.3 Å². The van der Waals surface area contributed by atoms with Gasteiger partial charge in [-0.3, -0.25) is 4.79 Å². The second-order valence-electron chi connectivity index (χ2n) is 9.79. The van der Waals surface area contributed by atoms with E-state index in [0.29, 0.717) is 0 Å². The quantitative estimate of drug-likeness (QED) is 0.608. The third-order valence-electron chi connectivity index (χ3n) is 7.65. The Morgan fingerprint density at radius 1 is 1.00 bits per heavy atom. The number of nitrogens with zero attached hydrogens (tertiary/aromatic N) is 1. The molecule has 0 unspecified atom stereocenters. The number of carbonyl (C=O) groups is 1. The zero-order valence-electron chi connectivity index (χ0n) is 16.9. The van der Waals surface area contributed by atoms with Crippen LogP contribution in [-0.2, 0) is 4.79 Å². The molecule has 4 fully saturated rings. The Kier molecular flexibility index (Phi) is 3.68. The highest BCUT2D eigenvalue weighted by Crippen LogP contribution is 2.60. The van der Waals surface area contributed by atoms with Crippen molar-refractivity contribution in [3.05, 3.63) is 48.0 Å². The summed E-state index contributed by atoms with van der Waals surface area (Å²) in [5.74, 6) is 3.47. The molecule has 29 heavy (non-hydrogen) atoms. The summed E-state index contributed by atoms with van der Waals surface area (Å²) in [7, 11) is 0. The summed E-state index contributed by atoms with van der Waals surface area (Å²) in [5, 5.41) is 3.24. The fraction of sp³-hybridized carbons (Fsp3) is 0.440. The lowest BCUT2D eigenvalue weighted by Crippen LogP contribution is -2.51. The van der Waals surface area contributed by atoms with E-state index < -0.39 is 0 Å². The smallest absolute Gasteiger partial charge is 0.230 e. The summed E-state index contributed by atoms with van der Waals surface area (Å²) in [5.41, 5.74) is 5.06. The fourth-order valence-corrected chi connectivity index (χ4v) is 6.68. The Balaban J connectivity index is 1.22. The maximum Gasteiger partial charge on any atom is 0.230 e. The second kappa shape index (κ2) is 6.19. The highest BCUT2D eigenvalue weighted by molar-refractivity contribution is 5.96. The molecule has 4 aliphatic rings. The van der Waals surface area contributed by atoms with E-state index in [1.54, 1.807) is 0 Å². The normalized spacial score (nSPS) is 30.0. The molecule has 0 radical (unpaired) electrons. The highest BCUT2D eigenvalue weighted by Gasteiger charge is 2.54. The molecule has 0 atom stereocenters. The number of aromatic nitrogens is 2. The molecule has 1 heterocycles. The number of aryl methyl sites for hydroxylation is 1. The first kappa shape index (κ1) is 17.3. The van der Waals surface area contributed by atoms with Crippen molar-refractivity contribution >= 4 is 22.6 Å². The molecule has 4 saturated carbocycles. The van der Waals surface area contributed by atoms with Gasteiger partial charge >= 0.3 is 0 Å². The average Bonchev–Trinajstić information content (AvgIpc) is 3.13. The van der Waals surface area contributed by atoms with E-state index in [1.165, 1.54) is 24.8 Å². The monoisotopic (exact) mass is 385 g/mol. The predicted molar refractivity (Wildman–Crippen MR) is 116 cm³/mol. The predicted octanol–water partition coefficient (Wildman–Crippen LogP) is 5.69. The molecule has 148 valence electrons. The van der Waals surface area contributed by atoms with Crippen molar-refractivity contribution in [2.45, 2.75) is 45.4 Å². The van der Waals surface area contributed by atoms with Gasteiger partial charge in [-0.25, -0.2) is 4.98 Å². The summed E-state index contributed by atoms with van der Waals surface area (Å²) in [4.78, 5) is 21.4. The molecule has 1 aromatic heterocycles. The van der Waals surface area contributed by atoms with E-state index in [2.05, 4.69) is 29.4 Å². The number of para-hydroxylation sites is 1. The van der Waals surface area contributed by atoms with E-state index in [0.717, 1.165) is 65.1 Å². The van der Waals surface area contributed by atoms with Gasteiger partial charge in [-0.05, 0) is 99.1 Å². The molecule has 1 amide bonds. The minimum absolute atomic E-state index is 0.107. The van der Waals surface area contributed by atoms with Crippen LogP contribution >= 0.6 is 0 Å². The minimum atomic E-state index is -0.107. The SMILES string of the molecule is Cc1cccc2[nH]c(-c3ccc(NC(=O)C45CC6CC(CC(C6)C4)C5)cc3)nc12. The lowest BCUT2D eigenvalue weighted by Gasteiger charge is -2.55. The van der Waals surface area contributed by atoms with Crippen LogP contribution in [-0.4, -0.2) is 15.9 Å². The number of hydrogen-bond acceptors (Lipinski definition) is 2. The minimum Gasteiger partial charge on any atom is -0.338 e. The first-order valence-electron chi connectivity index (χ1n) is 11.0. The first-order chi connectivity index (χ1) is 14.1. The number of aromatic amines is 1. The average molecular weight is 386 g/mol. The standard InChI is InChI=1S/C25H27N3O/c1-15-3-2-4-21-22(15)28-23(27-21)19-5-7-20(8-6-19)26-24(29)25-12-16-9-17(13-25)11-18(10-16)14-25/h2-8,16-18H,9-14H2,1H3,(H,26,29)(H,27,28). The molecular weight excluding hydrogens is 358 g/mol. The number of nitrogens with one attached hydrogen (secondary N) is 2. The Morgan fingerprint density at radius 2 is 1.66 bits per heavy atom. The molecule has 4 bridgehead atoms. The lowest BCUT2D eigenvalue weighted by molar-refractivity contribution is -0.140. The number of H-pyrrole nitrogens is 1. The van der Waals surface area contributed by atoms with Crippen molar-refractivity contribution in [1.29, 1.82) is 0 Å². The summed E-state index contributed by atoms with van der Waals surface area (Å²) in [6.07, 6.45) is 7.37. The zero-order valence-corrected chi connectivity index (χ0v) is 16.9. The van der Waals surface area contributed by atoms with Crippen LogP contribution in [0, 0.1) is 30.1 Å². The molecule has 7 rings (SSSR count). The van der Waals surface area contributed by atoms with E-state index in [-0.39, 0.29) is 11.3 Å². The van der Waals surface area contributed by atoms with Crippen molar-refractivity contribution in [1.82, 2.24) is 9.97 Å². The molecule has 0 aliphatic heterocycles. The lowest BCUT2D eigenvalue weighted by atomic mass is 9.49. The van der Waals surface area contributed by atoms with Crippen molar-refractivity contribution in [2.24, 2.45) is 23.2 Å². The maximum absolute atomic E-state index is 13.2. The van der Waals surface area contributed by atoms with Gasteiger partial charge in [-0.1, -0.05) is 12.1 Å². The molecule has 2 aromatic carbocycles. The Labute approximate surface area is 171 Å². The van der Waals surface area contributed by atoms with E-state index in [9.17, 15) is 4.79 Å². The largest absolute Gasteiger partial charge is 0.338 e. The Hall–Kier alpha value is -2.62. The number of hydrogen-bond donors (Lipinski definition) is 2. The first-order valence-corrected chi connectivity index (χ1v) is 11.0. The van der Waals surface area contributed by atoms with Crippen LogP contribution in [0.15, 0.2) is 42.5 Å². The second-order valence-corrected chi connectivity index (χ2v) is 9.79. The number of rotatable bonds is 3. The summed E-state index contributed by atoms with van der Waals surface area (Å²) >= 11 is 0. The van der Waals surface area contributed by atoms with Gasteiger partial charge in [-0.15, -0.1) is 0 Å². The number of amides is 1. The Bertz CT molecular complexity index is 1060. The molecule has 0 saturated heterocycles. The fourth-order valence-electron chi connectivity index (χ4n) is 6.68. The molecule has 3 aromatic rings. The van der Waals surface area contributed by atoms with Gasteiger partial charge in [0.05, 0.1) is 16.4 Å². The van der Waals surface area contributed by atoms with E-state index in [4.69, 9.17) is 4.98 Å². The van der Waals surface area contributed by atoms with Crippen molar-refractivity contribution in [3.63, 3.8) is 0 Å². The topological polar surface area (TPSA) is 57.8 Å². The molecular formula is C25H27N3O. The molecule has 2 N–H and O–H groups in total. The zero-order chi connectivity index (χ0) is 19.6. The third kappa shape index (κ3) is 2.80. The van der Waals surface area contributed by atoms with Crippen LogP contribution in [0.4, 0.5) is 5.69 Å². The van der Waals surface area contributed by atoms with Gasteiger partial charge in [-0.2, -0.15) is 0 Å². The van der Waals surface area contributed by atoms with Gasteiger partial charge in [0.25, 0.3) is 0 Å². The van der Waals surface area contributed by atoms with Crippen LogP contribution < -0.4 is 5.32 Å². The highest BCUT2D eigenvalue weighted by atomic mass is 16.2. The van der Waals surface area contributed by atoms with Gasteiger partial charge in [0.15, 0.2) is 0 Å². The maximum atomic E-state index is 13.2. The number of fused-ring (bicyclic) bond motifs is 1. The van der Waals surface area contributed by atoms with Gasteiger partial charge in [0.1, 0.15) is 5.82 Å². The number of benzene rings is 2.